The molecule has 0 bridgehead atoms. The summed E-state index contributed by atoms with van der Waals surface area (Å²) in [6.45, 7) is 9.48. The van der Waals surface area contributed by atoms with Crippen molar-refractivity contribution in [1.29, 1.82) is 0 Å². The van der Waals surface area contributed by atoms with Crippen molar-refractivity contribution in [3.63, 3.8) is 0 Å². The van der Waals surface area contributed by atoms with Crippen molar-refractivity contribution in [2.24, 2.45) is 0 Å². The molecule has 0 N–H and O–H groups in total. The third-order valence-electron chi connectivity index (χ3n) is 5.82. The summed E-state index contributed by atoms with van der Waals surface area (Å²) in [5.41, 5.74) is 3.09. The highest BCUT2D eigenvalue weighted by atomic mass is 32.2. The zero-order valence-electron chi connectivity index (χ0n) is 20.5. The molecule has 1 fully saturated rings. The number of benzene rings is 2. The first-order valence-electron chi connectivity index (χ1n) is 11.8. The molecule has 180 valence electrons. The van der Waals surface area contributed by atoms with E-state index in [1.54, 1.807) is 4.90 Å². The lowest BCUT2D eigenvalue weighted by atomic mass is 10.0. The minimum Gasteiger partial charge on any atom is -0.334 e. The van der Waals surface area contributed by atoms with Crippen molar-refractivity contribution in [1.82, 2.24) is 9.80 Å². The second-order valence-electron chi connectivity index (χ2n) is 9.69. The van der Waals surface area contributed by atoms with E-state index in [4.69, 9.17) is 12.2 Å². The van der Waals surface area contributed by atoms with Gasteiger partial charge >= 0.3 is 0 Å². The highest BCUT2D eigenvalue weighted by molar-refractivity contribution is 8.26. The van der Waals surface area contributed by atoms with Gasteiger partial charge in [0.25, 0.3) is 5.91 Å². The normalized spacial score (nSPS) is 15.3. The summed E-state index contributed by atoms with van der Waals surface area (Å²) >= 11 is 6.82. The summed E-state index contributed by atoms with van der Waals surface area (Å²) in [5.74, 6) is 0.149. The fourth-order valence-corrected chi connectivity index (χ4v) is 5.14. The number of carbonyl (C=O) groups is 2. The largest absolute Gasteiger partial charge is 0.334 e. The van der Waals surface area contributed by atoms with Gasteiger partial charge in [-0.3, -0.25) is 14.5 Å². The first-order valence-corrected chi connectivity index (χ1v) is 13.0. The number of nitrogens with zero attached hydrogens (tertiary/aromatic N) is 2. The Morgan fingerprint density at radius 1 is 1.03 bits per heavy atom. The van der Waals surface area contributed by atoms with Gasteiger partial charge in [-0.05, 0) is 57.7 Å². The summed E-state index contributed by atoms with van der Waals surface area (Å²) in [5, 5.41) is 0. The first-order chi connectivity index (χ1) is 16.1. The van der Waals surface area contributed by atoms with Gasteiger partial charge in [0.1, 0.15) is 4.32 Å². The minimum atomic E-state index is -0.238. The smallest absolute Gasteiger partial charge is 0.266 e. The zero-order valence-corrected chi connectivity index (χ0v) is 22.2. The number of rotatable bonds is 9. The van der Waals surface area contributed by atoms with Crippen LogP contribution in [0.15, 0.2) is 59.5 Å². The third kappa shape index (κ3) is 7.28. The Morgan fingerprint density at radius 2 is 1.71 bits per heavy atom. The summed E-state index contributed by atoms with van der Waals surface area (Å²) in [4.78, 5) is 30.1. The number of aryl methyl sites for hydroxylation is 1. The lowest BCUT2D eigenvalue weighted by molar-refractivity contribution is -0.137. The number of carbonyl (C=O) groups excluding carboxylic acids is 2. The van der Waals surface area contributed by atoms with E-state index in [-0.39, 0.29) is 17.4 Å². The number of unbranched alkanes of at least 4 members (excludes halogenated alkanes) is 2. The van der Waals surface area contributed by atoms with E-state index >= 15 is 0 Å². The summed E-state index contributed by atoms with van der Waals surface area (Å²) in [6.07, 6.45) is 4.92. The maximum Gasteiger partial charge on any atom is 0.266 e. The SMILES string of the molecule is Cc1ccc(/C=C2/SC(=S)N(CCCCCC(=O)N(Cc3ccccc3)C(C)(C)C)C2=O)cc1. The summed E-state index contributed by atoms with van der Waals surface area (Å²) < 4.78 is 0.612. The van der Waals surface area contributed by atoms with Crippen molar-refractivity contribution in [2.75, 3.05) is 6.54 Å². The second-order valence-corrected chi connectivity index (χ2v) is 11.4. The van der Waals surface area contributed by atoms with E-state index < -0.39 is 0 Å². The zero-order chi connectivity index (χ0) is 24.7. The molecule has 0 atom stereocenters. The van der Waals surface area contributed by atoms with Crippen LogP contribution in [0.1, 0.15) is 63.1 Å². The molecule has 1 aliphatic rings. The Labute approximate surface area is 213 Å². The summed E-state index contributed by atoms with van der Waals surface area (Å²) in [7, 11) is 0. The van der Waals surface area contributed by atoms with Gasteiger partial charge in [-0.15, -0.1) is 0 Å². The van der Waals surface area contributed by atoms with Crippen LogP contribution in [-0.4, -0.2) is 38.0 Å². The number of thiocarbonyl (C=S) groups is 1. The molecule has 2 aromatic rings. The lowest BCUT2D eigenvalue weighted by Crippen LogP contribution is -2.45. The minimum absolute atomic E-state index is 0.0200. The number of amides is 2. The Bertz CT molecular complexity index is 1040. The standard InChI is InChI=1S/C28H34N2O2S2/c1-21-14-16-22(17-15-21)19-24-26(32)29(27(33)34-24)18-10-6-9-13-25(31)30(28(2,3)4)20-23-11-7-5-8-12-23/h5,7-8,11-12,14-17,19H,6,9-10,13,18,20H2,1-4H3/b24-19+. The number of thioether (sulfide) groups is 1. The maximum absolute atomic E-state index is 13.0. The van der Waals surface area contributed by atoms with Crippen LogP contribution in [0.5, 0.6) is 0 Å². The molecule has 0 saturated carbocycles. The van der Waals surface area contributed by atoms with Crippen LogP contribution in [0.2, 0.25) is 0 Å². The fraction of sp³-hybridized carbons (Fsp3) is 0.393. The van der Waals surface area contributed by atoms with Gasteiger partial charge in [0.15, 0.2) is 0 Å². The highest BCUT2D eigenvalue weighted by Gasteiger charge is 2.31. The van der Waals surface area contributed by atoms with Gasteiger partial charge in [-0.1, -0.05) is 90.6 Å². The molecule has 1 saturated heterocycles. The predicted molar refractivity (Wildman–Crippen MR) is 146 cm³/mol. The average Bonchev–Trinajstić information content (AvgIpc) is 3.05. The van der Waals surface area contributed by atoms with E-state index in [1.165, 1.54) is 17.3 Å². The van der Waals surface area contributed by atoms with Crippen LogP contribution in [0.25, 0.3) is 6.08 Å². The van der Waals surface area contributed by atoms with E-state index in [9.17, 15) is 9.59 Å². The van der Waals surface area contributed by atoms with Crippen LogP contribution < -0.4 is 0 Å². The molecule has 6 heteroatoms. The molecule has 2 aromatic carbocycles. The van der Waals surface area contributed by atoms with Gasteiger partial charge in [-0.2, -0.15) is 0 Å². The molecule has 2 amide bonds. The van der Waals surface area contributed by atoms with Crippen LogP contribution in [0, 0.1) is 6.92 Å². The molecule has 3 rings (SSSR count). The van der Waals surface area contributed by atoms with E-state index in [0.29, 0.717) is 28.7 Å². The molecule has 0 unspecified atom stereocenters. The molecule has 0 radical (unpaired) electrons. The topological polar surface area (TPSA) is 40.6 Å². The molecule has 34 heavy (non-hydrogen) atoms. The van der Waals surface area contributed by atoms with Crippen molar-refractivity contribution >= 4 is 46.2 Å². The Kier molecular flexibility index (Phi) is 9.09. The van der Waals surface area contributed by atoms with Crippen molar-refractivity contribution in [3.05, 3.63) is 76.2 Å². The Balaban J connectivity index is 1.47. The van der Waals surface area contributed by atoms with Gasteiger partial charge in [0.2, 0.25) is 5.91 Å². The summed E-state index contributed by atoms with van der Waals surface area (Å²) in [6, 6.07) is 18.2. The number of hydrogen-bond acceptors (Lipinski definition) is 4. The van der Waals surface area contributed by atoms with Gasteiger partial charge in [0.05, 0.1) is 4.91 Å². The van der Waals surface area contributed by atoms with Crippen LogP contribution in [0.4, 0.5) is 0 Å². The molecule has 1 aliphatic heterocycles. The van der Waals surface area contributed by atoms with Crippen LogP contribution in [0.3, 0.4) is 0 Å². The number of hydrogen-bond donors (Lipinski definition) is 0. The fourth-order valence-electron chi connectivity index (χ4n) is 3.83. The molecular weight excluding hydrogens is 460 g/mol. The van der Waals surface area contributed by atoms with E-state index in [0.717, 1.165) is 30.4 Å². The third-order valence-corrected chi connectivity index (χ3v) is 7.19. The van der Waals surface area contributed by atoms with Crippen molar-refractivity contribution in [3.8, 4) is 0 Å². The van der Waals surface area contributed by atoms with Crippen molar-refractivity contribution < 1.29 is 9.59 Å². The first kappa shape index (κ1) is 26.2. The maximum atomic E-state index is 13.0. The van der Waals surface area contributed by atoms with Gasteiger partial charge in [0, 0.05) is 25.0 Å². The predicted octanol–water partition coefficient (Wildman–Crippen LogP) is 6.58. The lowest BCUT2D eigenvalue weighted by Gasteiger charge is -2.36. The average molecular weight is 495 g/mol. The van der Waals surface area contributed by atoms with Crippen LogP contribution in [-0.2, 0) is 16.1 Å². The molecule has 0 aromatic heterocycles. The molecule has 4 nitrogen and oxygen atoms in total. The Hall–Kier alpha value is -2.44. The van der Waals surface area contributed by atoms with E-state index in [1.807, 2.05) is 60.4 Å². The van der Waals surface area contributed by atoms with Gasteiger partial charge in [-0.25, -0.2) is 0 Å². The van der Waals surface area contributed by atoms with Gasteiger partial charge < -0.3 is 4.90 Å². The van der Waals surface area contributed by atoms with Crippen LogP contribution >= 0.6 is 24.0 Å². The highest BCUT2D eigenvalue weighted by Crippen LogP contribution is 2.33. The molecule has 1 heterocycles. The monoisotopic (exact) mass is 494 g/mol. The molecule has 0 spiro atoms. The van der Waals surface area contributed by atoms with E-state index in [2.05, 4.69) is 32.9 Å². The quantitative estimate of drug-likeness (QED) is 0.224. The Morgan fingerprint density at radius 3 is 2.35 bits per heavy atom. The second kappa shape index (κ2) is 11.8. The van der Waals surface area contributed by atoms with Crippen molar-refractivity contribution in [2.45, 2.75) is 65.5 Å². The molecule has 0 aliphatic carbocycles. The molecular formula is C28H34N2O2S2.